The van der Waals surface area contributed by atoms with Gasteiger partial charge in [-0.2, -0.15) is 0 Å². The number of amides is 1. The van der Waals surface area contributed by atoms with E-state index >= 15 is 0 Å². The third-order valence-electron chi connectivity index (χ3n) is 4.85. The molecule has 5 nitrogen and oxygen atoms in total. The van der Waals surface area contributed by atoms with E-state index in [0.29, 0.717) is 13.0 Å². The minimum atomic E-state index is -1.01. The van der Waals surface area contributed by atoms with Gasteiger partial charge in [0.15, 0.2) is 0 Å². The standard InChI is InChI=1S/C19H20N2O3/c1-14-7-9-20-12-15(14)11-17(22)21-10-8-19(13-21,18(23)24)16-5-3-2-4-6-16/h2-7,9,12H,8,10-11,13H2,1H3,(H,23,24). The maximum atomic E-state index is 12.6. The monoisotopic (exact) mass is 324 g/mol. The van der Waals surface area contributed by atoms with Gasteiger partial charge in [0.1, 0.15) is 5.41 Å². The number of carboxylic acid groups (broad SMARTS) is 1. The highest BCUT2D eigenvalue weighted by atomic mass is 16.4. The van der Waals surface area contributed by atoms with Crippen molar-refractivity contribution < 1.29 is 14.7 Å². The van der Waals surface area contributed by atoms with Crippen molar-refractivity contribution in [3.05, 3.63) is 65.5 Å². The zero-order valence-electron chi connectivity index (χ0n) is 13.6. The third-order valence-corrected chi connectivity index (χ3v) is 4.85. The number of carboxylic acids is 1. The first kappa shape index (κ1) is 16.2. The minimum absolute atomic E-state index is 0.0508. The Bertz CT molecular complexity index is 760. The van der Waals surface area contributed by atoms with Crippen LogP contribution in [0.5, 0.6) is 0 Å². The van der Waals surface area contributed by atoms with Crippen LogP contribution >= 0.6 is 0 Å². The Kier molecular flexibility index (Phi) is 4.34. The molecule has 0 bridgehead atoms. The fraction of sp³-hybridized carbons (Fsp3) is 0.316. The summed E-state index contributed by atoms with van der Waals surface area (Å²) in [6.07, 6.45) is 4.09. The predicted octanol–water partition coefficient (Wildman–Crippen LogP) is 2.19. The van der Waals surface area contributed by atoms with Crippen molar-refractivity contribution >= 4 is 11.9 Å². The van der Waals surface area contributed by atoms with E-state index in [1.807, 2.05) is 43.3 Å². The summed E-state index contributed by atoms with van der Waals surface area (Å²) in [6.45, 7) is 2.61. The zero-order chi connectivity index (χ0) is 17.2. The molecule has 2 heterocycles. The van der Waals surface area contributed by atoms with E-state index in [4.69, 9.17) is 0 Å². The van der Waals surface area contributed by atoms with Gasteiger partial charge in [0.05, 0.1) is 6.42 Å². The smallest absolute Gasteiger partial charge is 0.316 e. The number of aryl methyl sites for hydroxylation is 1. The number of rotatable bonds is 4. The highest BCUT2D eigenvalue weighted by molar-refractivity contribution is 5.86. The minimum Gasteiger partial charge on any atom is -0.481 e. The van der Waals surface area contributed by atoms with Crippen LogP contribution in [0.25, 0.3) is 0 Å². The molecule has 2 aromatic rings. The van der Waals surface area contributed by atoms with Crippen LogP contribution in [0, 0.1) is 6.92 Å². The van der Waals surface area contributed by atoms with Crippen molar-refractivity contribution in [1.82, 2.24) is 9.88 Å². The number of nitrogens with zero attached hydrogens (tertiary/aromatic N) is 2. The van der Waals surface area contributed by atoms with Crippen LogP contribution in [-0.4, -0.2) is 40.0 Å². The molecule has 1 aromatic heterocycles. The molecule has 1 atom stereocenters. The summed E-state index contributed by atoms with van der Waals surface area (Å²) in [7, 11) is 0. The lowest BCUT2D eigenvalue weighted by Crippen LogP contribution is -2.40. The van der Waals surface area contributed by atoms with Crippen molar-refractivity contribution in [2.75, 3.05) is 13.1 Å². The van der Waals surface area contributed by atoms with Crippen LogP contribution in [0.3, 0.4) is 0 Å². The Hall–Kier alpha value is -2.69. The number of pyridine rings is 1. The van der Waals surface area contributed by atoms with Gasteiger partial charge in [-0.25, -0.2) is 0 Å². The van der Waals surface area contributed by atoms with E-state index in [9.17, 15) is 14.7 Å². The largest absolute Gasteiger partial charge is 0.481 e. The molecular formula is C19H20N2O3. The summed E-state index contributed by atoms with van der Waals surface area (Å²) in [5, 5.41) is 9.80. The van der Waals surface area contributed by atoms with E-state index < -0.39 is 11.4 Å². The average Bonchev–Trinajstić information content (AvgIpc) is 3.05. The first-order chi connectivity index (χ1) is 11.5. The number of carbonyl (C=O) groups is 2. The van der Waals surface area contributed by atoms with Gasteiger partial charge in [-0.05, 0) is 36.1 Å². The Labute approximate surface area is 140 Å². The quantitative estimate of drug-likeness (QED) is 0.936. The molecule has 1 amide bonds. The van der Waals surface area contributed by atoms with Crippen LogP contribution in [0.15, 0.2) is 48.8 Å². The molecule has 0 saturated carbocycles. The Balaban J connectivity index is 1.79. The molecule has 1 aliphatic heterocycles. The molecule has 5 heteroatoms. The van der Waals surface area contributed by atoms with Gasteiger partial charge in [-0.15, -0.1) is 0 Å². The number of carbonyl (C=O) groups excluding carboxylic acids is 1. The molecule has 1 aliphatic rings. The van der Waals surface area contributed by atoms with E-state index in [-0.39, 0.29) is 18.9 Å². The summed E-state index contributed by atoms with van der Waals surface area (Å²) in [5.74, 6) is -0.924. The van der Waals surface area contributed by atoms with E-state index in [1.165, 1.54) is 0 Å². The number of benzene rings is 1. The van der Waals surface area contributed by atoms with Crippen molar-refractivity contribution in [2.24, 2.45) is 0 Å². The van der Waals surface area contributed by atoms with Crippen LogP contribution in [0.1, 0.15) is 23.1 Å². The molecule has 0 aliphatic carbocycles. The van der Waals surface area contributed by atoms with Crippen molar-refractivity contribution in [3.63, 3.8) is 0 Å². The second kappa shape index (κ2) is 6.43. The average molecular weight is 324 g/mol. The SMILES string of the molecule is Cc1ccncc1CC(=O)N1CCC(C(=O)O)(c2ccccc2)C1. The summed E-state index contributed by atoms with van der Waals surface area (Å²) in [4.78, 5) is 30.3. The van der Waals surface area contributed by atoms with Gasteiger partial charge < -0.3 is 10.0 Å². The Morgan fingerprint density at radius 2 is 2.00 bits per heavy atom. The summed E-state index contributed by atoms with van der Waals surface area (Å²) in [5.41, 5.74) is 1.64. The maximum Gasteiger partial charge on any atom is 0.316 e. The molecule has 1 N–H and O–H groups in total. The number of hydrogen-bond acceptors (Lipinski definition) is 3. The lowest BCUT2D eigenvalue weighted by atomic mass is 9.80. The maximum absolute atomic E-state index is 12.6. The zero-order valence-corrected chi connectivity index (χ0v) is 13.6. The predicted molar refractivity (Wildman–Crippen MR) is 89.6 cm³/mol. The number of hydrogen-bond donors (Lipinski definition) is 1. The van der Waals surface area contributed by atoms with Crippen molar-refractivity contribution in [2.45, 2.75) is 25.2 Å². The Morgan fingerprint density at radius 3 is 2.67 bits per heavy atom. The van der Waals surface area contributed by atoms with Crippen molar-refractivity contribution in [1.29, 1.82) is 0 Å². The van der Waals surface area contributed by atoms with Crippen LogP contribution in [0.4, 0.5) is 0 Å². The number of aliphatic carboxylic acids is 1. The summed E-state index contributed by atoms with van der Waals surface area (Å²) in [6, 6.07) is 11.1. The second-order valence-corrected chi connectivity index (χ2v) is 6.30. The molecule has 1 fully saturated rings. The molecule has 1 saturated heterocycles. The normalized spacial score (nSPS) is 20.1. The third kappa shape index (κ3) is 2.89. The van der Waals surface area contributed by atoms with Gasteiger partial charge >= 0.3 is 5.97 Å². The first-order valence-corrected chi connectivity index (χ1v) is 7.99. The van der Waals surface area contributed by atoms with Crippen LogP contribution in [0.2, 0.25) is 0 Å². The fourth-order valence-corrected chi connectivity index (χ4v) is 3.27. The lowest BCUT2D eigenvalue weighted by Gasteiger charge is -2.25. The molecule has 3 rings (SSSR count). The Morgan fingerprint density at radius 1 is 1.25 bits per heavy atom. The second-order valence-electron chi connectivity index (χ2n) is 6.30. The van der Waals surface area contributed by atoms with E-state index in [2.05, 4.69) is 4.98 Å². The molecule has 0 radical (unpaired) electrons. The molecular weight excluding hydrogens is 304 g/mol. The van der Waals surface area contributed by atoms with E-state index in [1.54, 1.807) is 17.3 Å². The summed E-state index contributed by atoms with van der Waals surface area (Å²) >= 11 is 0. The highest BCUT2D eigenvalue weighted by Crippen LogP contribution is 2.35. The first-order valence-electron chi connectivity index (χ1n) is 7.99. The molecule has 0 spiro atoms. The molecule has 1 aromatic carbocycles. The topological polar surface area (TPSA) is 70.5 Å². The number of aromatic nitrogens is 1. The number of likely N-dealkylation sites (tertiary alicyclic amines) is 1. The van der Waals surface area contributed by atoms with Gasteiger partial charge in [0, 0.05) is 25.5 Å². The van der Waals surface area contributed by atoms with Gasteiger partial charge in [-0.3, -0.25) is 14.6 Å². The molecule has 124 valence electrons. The molecule has 24 heavy (non-hydrogen) atoms. The fourth-order valence-electron chi connectivity index (χ4n) is 3.27. The van der Waals surface area contributed by atoms with Gasteiger partial charge in [-0.1, -0.05) is 30.3 Å². The highest BCUT2D eigenvalue weighted by Gasteiger charge is 2.47. The summed E-state index contributed by atoms with van der Waals surface area (Å²) < 4.78 is 0. The van der Waals surface area contributed by atoms with Gasteiger partial charge in [0.25, 0.3) is 0 Å². The van der Waals surface area contributed by atoms with Crippen LogP contribution in [-0.2, 0) is 21.4 Å². The van der Waals surface area contributed by atoms with Crippen molar-refractivity contribution in [3.8, 4) is 0 Å². The van der Waals surface area contributed by atoms with Gasteiger partial charge in [0.2, 0.25) is 5.91 Å². The van der Waals surface area contributed by atoms with E-state index in [0.717, 1.165) is 16.7 Å². The van der Waals surface area contributed by atoms with Crippen LogP contribution < -0.4 is 0 Å². The molecule has 1 unspecified atom stereocenters. The lowest BCUT2D eigenvalue weighted by molar-refractivity contribution is -0.143.